The lowest BCUT2D eigenvalue weighted by atomic mass is 9.96. The largest absolute Gasteiger partial charge is 0.548 e. The number of nitrogens with zero attached hydrogens (tertiary/aromatic N) is 1. The second-order valence-corrected chi connectivity index (χ2v) is 3.86. The molecule has 1 rings (SSSR count). The molecule has 1 N–H and O–H groups in total. The molecule has 80 valence electrons. The fraction of sp³-hybridized carbons (Fsp3) is 0.750. The normalized spacial score (nSPS) is 30.3. The Labute approximate surface area is 81.1 Å². The van der Waals surface area contributed by atoms with E-state index in [0.717, 1.165) is 4.90 Å². The predicted molar refractivity (Wildman–Crippen MR) is 42.9 cm³/mol. The monoisotopic (exact) mass is 202 g/mol. The van der Waals surface area contributed by atoms with Crippen molar-refractivity contribution in [3.8, 4) is 0 Å². The van der Waals surface area contributed by atoms with Gasteiger partial charge in [0.15, 0.2) is 11.3 Å². The first-order valence-corrected chi connectivity index (χ1v) is 4.11. The van der Waals surface area contributed by atoms with E-state index in [0.29, 0.717) is 0 Å². The van der Waals surface area contributed by atoms with E-state index in [-0.39, 0.29) is 0 Å². The Balaban J connectivity index is 2.96. The van der Waals surface area contributed by atoms with Crippen LogP contribution in [0.4, 0.5) is 4.79 Å². The van der Waals surface area contributed by atoms with Gasteiger partial charge in [0, 0.05) is 0 Å². The number of cyclic esters (lactones) is 1. The molecule has 6 nitrogen and oxygen atoms in total. The molecule has 0 saturated carbocycles. The molecular weight excluding hydrogens is 190 g/mol. The second-order valence-electron chi connectivity index (χ2n) is 3.86. The zero-order chi connectivity index (χ0) is 11.1. The standard InChI is InChI=1S/C8H13NO5/c1-7(2)8(3,13)9(4-5(10)11)6(12)14-7/h13H,4H2,1-3H3,(H,10,11)/p-1/t8-/m1/s1. The predicted octanol–water partition coefficient (Wildman–Crippen LogP) is -1.32. The molecule has 1 atom stereocenters. The Morgan fingerprint density at radius 2 is 2.07 bits per heavy atom. The molecular formula is C8H12NO5-. The van der Waals surface area contributed by atoms with E-state index in [9.17, 15) is 19.8 Å². The van der Waals surface area contributed by atoms with Crippen LogP contribution >= 0.6 is 0 Å². The van der Waals surface area contributed by atoms with Gasteiger partial charge in [-0.1, -0.05) is 0 Å². The summed E-state index contributed by atoms with van der Waals surface area (Å²) < 4.78 is 4.82. The average Bonchev–Trinajstić information content (AvgIpc) is 2.09. The molecule has 0 radical (unpaired) electrons. The molecule has 6 heteroatoms. The van der Waals surface area contributed by atoms with E-state index in [4.69, 9.17) is 4.74 Å². The van der Waals surface area contributed by atoms with Crippen molar-refractivity contribution in [2.45, 2.75) is 32.1 Å². The van der Waals surface area contributed by atoms with Crippen LogP contribution in [0.3, 0.4) is 0 Å². The van der Waals surface area contributed by atoms with Gasteiger partial charge >= 0.3 is 6.09 Å². The summed E-state index contributed by atoms with van der Waals surface area (Å²) in [6.45, 7) is 3.64. The van der Waals surface area contributed by atoms with Crippen molar-refractivity contribution in [1.29, 1.82) is 0 Å². The van der Waals surface area contributed by atoms with Crippen molar-refractivity contribution in [2.75, 3.05) is 6.54 Å². The molecule has 1 aliphatic rings. The smallest absolute Gasteiger partial charge is 0.413 e. The van der Waals surface area contributed by atoms with E-state index in [1.54, 1.807) is 0 Å². The van der Waals surface area contributed by atoms with E-state index in [1.807, 2.05) is 0 Å². The van der Waals surface area contributed by atoms with Crippen LogP contribution in [-0.2, 0) is 9.53 Å². The topological polar surface area (TPSA) is 89.9 Å². The number of rotatable bonds is 2. The first kappa shape index (κ1) is 10.8. The minimum absolute atomic E-state index is 0.685. The number of amides is 1. The summed E-state index contributed by atoms with van der Waals surface area (Å²) in [6, 6.07) is 0. The summed E-state index contributed by atoms with van der Waals surface area (Å²) >= 11 is 0. The lowest BCUT2D eigenvalue weighted by Crippen LogP contribution is -2.56. The number of carbonyl (C=O) groups is 2. The first-order chi connectivity index (χ1) is 6.18. The van der Waals surface area contributed by atoms with Crippen molar-refractivity contribution in [3.05, 3.63) is 0 Å². The summed E-state index contributed by atoms with van der Waals surface area (Å²) in [5.41, 5.74) is -2.79. The lowest BCUT2D eigenvalue weighted by Gasteiger charge is -2.34. The van der Waals surface area contributed by atoms with Gasteiger partial charge in [-0.2, -0.15) is 0 Å². The number of aliphatic hydroxyl groups is 1. The van der Waals surface area contributed by atoms with Gasteiger partial charge < -0.3 is 19.7 Å². The van der Waals surface area contributed by atoms with Gasteiger partial charge in [-0.15, -0.1) is 0 Å². The highest BCUT2D eigenvalue weighted by molar-refractivity contribution is 5.78. The Hall–Kier alpha value is -1.30. The Bertz CT molecular complexity index is 283. The summed E-state index contributed by atoms with van der Waals surface area (Å²) in [7, 11) is 0. The maximum Gasteiger partial charge on any atom is 0.413 e. The highest BCUT2D eigenvalue weighted by Gasteiger charge is 2.56. The quantitative estimate of drug-likeness (QED) is 0.599. The molecule has 0 bridgehead atoms. The van der Waals surface area contributed by atoms with Gasteiger partial charge in [-0.05, 0) is 20.8 Å². The highest BCUT2D eigenvalue weighted by Crippen LogP contribution is 2.36. The molecule has 1 amide bonds. The number of ether oxygens (including phenoxy) is 1. The third-order valence-corrected chi connectivity index (χ3v) is 2.52. The molecule has 1 aliphatic heterocycles. The van der Waals surface area contributed by atoms with Crippen LogP contribution in [0, 0.1) is 0 Å². The van der Waals surface area contributed by atoms with Gasteiger partial charge in [-0.25, -0.2) is 4.79 Å². The van der Waals surface area contributed by atoms with Crippen LogP contribution < -0.4 is 5.11 Å². The Morgan fingerprint density at radius 3 is 2.36 bits per heavy atom. The van der Waals surface area contributed by atoms with Crippen LogP contribution in [0.25, 0.3) is 0 Å². The van der Waals surface area contributed by atoms with Crippen molar-refractivity contribution in [1.82, 2.24) is 4.90 Å². The maximum atomic E-state index is 11.2. The van der Waals surface area contributed by atoms with Crippen molar-refractivity contribution in [3.63, 3.8) is 0 Å². The van der Waals surface area contributed by atoms with Crippen LogP contribution in [0.1, 0.15) is 20.8 Å². The molecule has 0 aromatic heterocycles. The van der Waals surface area contributed by atoms with E-state index in [2.05, 4.69) is 0 Å². The molecule has 1 heterocycles. The van der Waals surface area contributed by atoms with Crippen molar-refractivity contribution in [2.24, 2.45) is 0 Å². The second kappa shape index (κ2) is 2.84. The van der Waals surface area contributed by atoms with E-state index < -0.39 is 29.9 Å². The van der Waals surface area contributed by atoms with Crippen LogP contribution in [-0.4, -0.2) is 39.9 Å². The average molecular weight is 202 g/mol. The highest BCUT2D eigenvalue weighted by atomic mass is 16.6. The SMILES string of the molecule is CC1(C)OC(=O)N(CC(=O)[O-])[C@]1(C)O. The summed E-state index contributed by atoms with van der Waals surface area (Å²) in [6.07, 6.45) is -0.857. The summed E-state index contributed by atoms with van der Waals surface area (Å²) in [4.78, 5) is 22.2. The zero-order valence-corrected chi connectivity index (χ0v) is 8.23. The van der Waals surface area contributed by atoms with Crippen molar-refractivity contribution < 1.29 is 24.5 Å². The molecule has 1 saturated heterocycles. The van der Waals surface area contributed by atoms with Crippen molar-refractivity contribution >= 4 is 12.1 Å². The number of aliphatic carboxylic acids is 1. The number of carboxylic acid groups (broad SMARTS) is 1. The van der Waals surface area contributed by atoms with Gasteiger partial charge in [0.1, 0.15) is 0 Å². The Kier molecular flexibility index (Phi) is 2.19. The zero-order valence-electron chi connectivity index (χ0n) is 8.23. The van der Waals surface area contributed by atoms with Gasteiger partial charge in [0.25, 0.3) is 0 Å². The minimum Gasteiger partial charge on any atom is -0.548 e. The van der Waals surface area contributed by atoms with Gasteiger partial charge in [-0.3, -0.25) is 4.90 Å². The first-order valence-electron chi connectivity index (χ1n) is 4.11. The van der Waals surface area contributed by atoms with Crippen LogP contribution in [0.15, 0.2) is 0 Å². The molecule has 14 heavy (non-hydrogen) atoms. The fourth-order valence-electron chi connectivity index (χ4n) is 1.22. The van der Waals surface area contributed by atoms with Gasteiger partial charge in [0.05, 0.1) is 12.5 Å². The maximum absolute atomic E-state index is 11.2. The number of carboxylic acids is 1. The molecule has 0 aromatic rings. The summed E-state index contributed by atoms with van der Waals surface area (Å²) in [5, 5.41) is 20.2. The molecule has 0 aliphatic carbocycles. The third kappa shape index (κ3) is 1.41. The fourth-order valence-corrected chi connectivity index (χ4v) is 1.22. The number of hydrogen-bond acceptors (Lipinski definition) is 5. The third-order valence-electron chi connectivity index (χ3n) is 2.52. The number of carbonyl (C=O) groups excluding carboxylic acids is 2. The van der Waals surface area contributed by atoms with Gasteiger partial charge in [0.2, 0.25) is 0 Å². The van der Waals surface area contributed by atoms with Crippen LogP contribution in [0.2, 0.25) is 0 Å². The molecule has 1 fully saturated rings. The van der Waals surface area contributed by atoms with Crippen LogP contribution in [0.5, 0.6) is 0 Å². The Morgan fingerprint density at radius 1 is 1.57 bits per heavy atom. The minimum atomic E-state index is -1.65. The summed E-state index contributed by atoms with van der Waals surface area (Å²) in [5.74, 6) is -1.44. The molecule has 0 spiro atoms. The number of hydrogen-bond donors (Lipinski definition) is 1. The molecule has 0 aromatic carbocycles. The molecule has 0 unspecified atom stereocenters. The lowest BCUT2D eigenvalue weighted by molar-refractivity contribution is -0.307. The van der Waals surface area contributed by atoms with E-state index >= 15 is 0 Å². The van der Waals surface area contributed by atoms with E-state index in [1.165, 1.54) is 20.8 Å².